The second kappa shape index (κ2) is 10.9. The molecule has 2 N–H and O–H groups in total. The Balaban J connectivity index is 1.39. The number of ether oxygens (including phenoxy) is 1. The van der Waals surface area contributed by atoms with Crippen LogP contribution in [0.1, 0.15) is 42.6 Å². The highest BCUT2D eigenvalue weighted by Crippen LogP contribution is 2.26. The molecule has 7 heteroatoms. The van der Waals surface area contributed by atoms with E-state index in [9.17, 15) is 0 Å². The molecule has 1 fully saturated rings. The highest BCUT2D eigenvalue weighted by Gasteiger charge is 2.26. The van der Waals surface area contributed by atoms with Crippen molar-refractivity contribution in [2.45, 2.75) is 38.8 Å². The third kappa shape index (κ3) is 6.14. The van der Waals surface area contributed by atoms with Crippen LogP contribution in [0.5, 0.6) is 0 Å². The number of guanidine groups is 1. The summed E-state index contributed by atoms with van der Waals surface area (Å²) in [7, 11) is 1.80. The maximum absolute atomic E-state index is 5.91. The molecule has 0 bridgehead atoms. The maximum atomic E-state index is 5.91. The molecular formula is C21H32N4O3. The summed E-state index contributed by atoms with van der Waals surface area (Å²) in [4.78, 5) is 6.82. The first-order valence-electron chi connectivity index (χ1n) is 10.1. The quantitative estimate of drug-likeness (QED) is 0.370. The van der Waals surface area contributed by atoms with E-state index in [-0.39, 0.29) is 6.04 Å². The van der Waals surface area contributed by atoms with Crippen molar-refractivity contribution >= 4 is 5.96 Å². The van der Waals surface area contributed by atoms with E-state index in [2.05, 4.69) is 26.6 Å². The highest BCUT2D eigenvalue weighted by atomic mass is 16.5. The van der Waals surface area contributed by atoms with Crippen molar-refractivity contribution < 1.29 is 13.6 Å². The van der Waals surface area contributed by atoms with E-state index >= 15 is 0 Å². The summed E-state index contributed by atoms with van der Waals surface area (Å²) in [5.41, 5.74) is 0. The molecule has 0 aromatic carbocycles. The fourth-order valence-corrected chi connectivity index (χ4v) is 3.46. The number of aliphatic imine (C=N–C) groups is 1. The average Bonchev–Trinajstić information content (AvgIpc) is 3.46. The molecule has 2 aromatic heterocycles. The highest BCUT2D eigenvalue weighted by molar-refractivity contribution is 5.79. The Kier molecular flexibility index (Phi) is 7.99. The first kappa shape index (κ1) is 20.5. The van der Waals surface area contributed by atoms with E-state index in [0.717, 1.165) is 55.8 Å². The van der Waals surface area contributed by atoms with E-state index in [1.807, 2.05) is 25.1 Å². The average molecular weight is 389 g/mol. The molecule has 3 heterocycles. The molecule has 7 nitrogen and oxygen atoms in total. The molecule has 28 heavy (non-hydrogen) atoms. The van der Waals surface area contributed by atoms with E-state index in [1.165, 1.54) is 12.8 Å². The minimum absolute atomic E-state index is 0.228. The molecular weight excluding hydrogens is 356 g/mol. The topological polar surface area (TPSA) is 75.2 Å². The molecule has 1 saturated heterocycles. The number of rotatable bonds is 10. The van der Waals surface area contributed by atoms with Gasteiger partial charge in [0.1, 0.15) is 23.9 Å². The van der Waals surface area contributed by atoms with Gasteiger partial charge in [0.05, 0.1) is 12.3 Å². The molecule has 1 unspecified atom stereocenters. The number of hydrogen-bond donors (Lipinski definition) is 2. The molecule has 3 rings (SSSR count). The van der Waals surface area contributed by atoms with Gasteiger partial charge in [-0.15, -0.1) is 0 Å². The van der Waals surface area contributed by atoms with Gasteiger partial charge in [0.25, 0.3) is 0 Å². The van der Waals surface area contributed by atoms with Crippen LogP contribution < -0.4 is 10.6 Å². The van der Waals surface area contributed by atoms with E-state index in [1.54, 1.807) is 13.3 Å². The molecule has 0 spiro atoms. The normalized spacial score (nSPS) is 16.4. The number of nitrogens with one attached hydrogen (secondary N) is 2. The zero-order valence-corrected chi connectivity index (χ0v) is 16.9. The van der Waals surface area contributed by atoms with Crippen LogP contribution in [0.3, 0.4) is 0 Å². The molecule has 154 valence electrons. The van der Waals surface area contributed by atoms with E-state index in [4.69, 9.17) is 13.6 Å². The fourth-order valence-electron chi connectivity index (χ4n) is 3.46. The second-order valence-electron chi connectivity index (χ2n) is 7.07. The Morgan fingerprint density at radius 1 is 1.25 bits per heavy atom. The standard InChI is InChI=1S/C21H32N4O3/c1-17-8-9-20(28-17)19(25-11-3-4-12-25)15-24-21(22-2)23-10-6-13-26-16-18-7-5-14-27-18/h5,7-9,14,19H,3-4,6,10-13,15-16H2,1-2H3,(H2,22,23,24). The monoisotopic (exact) mass is 388 g/mol. The van der Waals surface area contributed by atoms with Crippen LogP contribution in [0, 0.1) is 6.92 Å². The summed E-state index contributed by atoms with van der Waals surface area (Å²) in [5.74, 6) is 3.63. The maximum Gasteiger partial charge on any atom is 0.191 e. The van der Waals surface area contributed by atoms with Crippen LogP contribution >= 0.6 is 0 Å². The molecule has 0 amide bonds. The Morgan fingerprint density at radius 3 is 2.79 bits per heavy atom. The fraction of sp³-hybridized carbons (Fsp3) is 0.571. The van der Waals surface area contributed by atoms with Gasteiger partial charge in [0, 0.05) is 26.7 Å². The molecule has 0 aliphatic carbocycles. The first-order chi connectivity index (χ1) is 13.8. The Hall–Kier alpha value is -2.25. The molecule has 0 radical (unpaired) electrons. The van der Waals surface area contributed by atoms with Crippen LogP contribution in [-0.2, 0) is 11.3 Å². The van der Waals surface area contributed by atoms with Crippen molar-refractivity contribution in [1.82, 2.24) is 15.5 Å². The number of furan rings is 2. The lowest BCUT2D eigenvalue weighted by Crippen LogP contribution is -2.43. The zero-order valence-electron chi connectivity index (χ0n) is 16.9. The summed E-state index contributed by atoms with van der Waals surface area (Å²) in [6, 6.07) is 8.14. The van der Waals surface area contributed by atoms with Gasteiger partial charge < -0.3 is 24.2 Å². The molecule has 1 aliphatic rings. The Bertz CT molecular complexity index is 705. The smallest absolute Gasteiger partial charge is 0.191 e. The van der Waals surface area contributed by atoms with Gasteiger partial charge in [0.15, 0.2) is 5.96 Å². The lowest BCUT2D eigenvalue weighted by Gasteiger charge is -2.26. The third-order valence-electron chi connectivity index (χ3n) is 4.94. The molecule has 1 atom stereocenters. The predicted molar refractivity (Wildman–Crippen MR) is 109 cm³/mol. The van der Waals surface area contributed by atoms with Crippen molar-refractivity contribution in [1.29, 1.82) is 0 Å². The second-order valence-corrected chi connectivity index (χ2v) is 7.07. The van der Waals surface area contributed by atoms with Crippen LogP contribution in [0.4, 0.5) is 0 Å². The Morgan fingerprint density at radius 2 is 2.11 bits per heavy atom. The Labute approximate surface area is 167 Å². The van der Waals surface area contributed by atoms with Gasteiger partial charge in [0.2, 0.25) is 0 Å². The lowest BCUT2D eigenvalue weighted by atomic mass is 10.2. The number of hydrogen-bond acceptors (Lipinski definition) is 5. The summed E-state index contributed by atoms with van der Waals surface area (Å²) in [6.07, 6.45) is 5.06. The molecule has 1 aliphatic heterocycles. The van der Waals surface area contributed by atoms with E-state index < -0.39 is 0 Å². The summed E-state index contributed by atoms with van der Waals surface area (Å²) >= 11 is 0. The van der Waals surface area contributed by atoms with Crippen LogP contribution in [-0.4, -0.2) is 50.7 Å². The zero-order chi connectivity index (χ0) is 19.6. The number of aryl methyl sites for hydroxylation is 1. The van der Waals surface area contributed by atoms with Gasteiger partial charge in [-0.3, -0.25) is 9.89 Å². The van der Waals surface area contributed by atoms with E-state index in [0.29, 0.717) is 13.2 Å². The molecule has 2 aromatic rings. The lowest BCUT2D eigenvalue weighted by molar-refractivity contribution is 0.105. The van der Waals surface area contributed by atoms with Crippen molar-refractivity contribution in [2.24, 2.45) is 4.99 Å². The summed E-state index contributed by atoms with van der Waals surface area (Å²) in [5, 5.41) is 6.80. The van der Waals surface area contributed by atoms with Gasteiger partial charge in [-0.2, -0.15) is 0 Å². The van der Waals surface area contributed by atoms with Gasteiger partial charge in [-0.25, -0.2) is 0 Å². The summed E-state index contributed by atoms with van der Waals surface area (Å²) < 4.78 is 16.8. The predicted octanol–water partition coefficient (Wildman–Crippen LogP) is 3.09. The van der Waals surface area contributed by atoms with Crippen molar-refractivity contribution in [3.05, 3.63) is 47.8 Å². The number of likely N-dealkylation sites (tertiary alicyclic amines) is 1. The first-order valence-corrected chi connectivity index (χ1v) is 10.1. The minimum atomic E-state index is 0.228. The number of nitrogens with zero attached hydrogens (tertiary/aromatic N) is 2. The van der Waals surface area contributed by atoms with Gasteiger partial charge in [-0.05, 0) is 63.5 Å². The van der Waals surface area contributed by atoms with Crippen LogP contribution in [0.25, 0.3) is 0 Å². The third-order valence-corrected chi connectivity index (χ3v) is 4.94. The minimum Gasteiger partial charge on any atom is -0.467 e. The van der Waals surface area contributed by atoms with Crippen molar-refractivity contribution in [2.75, 3.05) is 39.8 Å². The SMILES string of the molecule is CN=C(NCCCOCc1ccco1)NCC(c1ccc(C)o1)N1CCCC1. The summed E-state index contributed by atoms with van der Waals surface area (Å²) in [6.45, 7) is 6.98. The van der Waals surface area contributed by atoms with Gasteiger partial charge in [-0.1, -0.05) is 0 Å². The molecule has 0 saturated carbocycles. The van der Waals surface area contributed by atoms with Crippen LogP contribution in [0.15, 0.2) is 44.4 Å². The van der Waals surface area contributed by atoms with Crippen molar-refractivity contribution in [3.63, 3.8) is 0 Å². The van der Waals surface area contributed by atoms with Crippen LogP contribution in [0.2, 0.25) is 0 Å². The van der Waals surface area contributed by atoms with Gasteiger partial charge >= 0.3 is 0 Å². The largest absolute Gasteiger partial charge is 0.467 e. The van der Waals surface area contributed by atoms with Crippen molar-refractivity contribution in [3.8, 4) is 0 Å².